The van der Waals surface area contributed by atoms with Gasteiger partial charge in [-0.05, 0) is 43.8 Å². The van der Waals surface area contributed by atoms with Crippen LogP contribution in [-0.2, 0) is 4.79 Å². The molecule has 130 valence electrons. The van der Waals surface area contributed by atoms with Crippen LogP contribution in [0.15, 0.2) is 53.5 Å². The lowest BCUT2D eigenvalue weighted by Crippen LogP contribution is -2.37. The van der Waals surface area contributed by atoms with E-state index in [9.17, 15) is 14.4 Å². The van der Waals surface area contributed by atoms with E-state index >= 15 is 0 Å². The number of likely N-dealkylation sites (N-methyl/N-ethyl adjacent to an activating group) is 1. The van der Waals surface area contributed by atoms with E-state index in [0.717, 1.165) is 0 Å². The van der Waals surface area contributed by atoms with Crippen molar-refractivity contribution in [2.45, 2.75) is 18.5 Å². The van der Waals surface area contributed by atoms with Gasteiger partial charge in [-0.1, -0.05) is 6.07 Å². The van der Waals surface area contributed by atoms with Gasteiger partial charge in [-0.3, -0.25) is 23.9 Å². The minimum absolute atomic E-state index is 0.119. The first-order chi connectivity index (χ1) is 12.0. The fourth-order valence-corrected chi connectivity index (χ4v) is 3.12. The first kappa shape index (κ1) is 16.9. The Kier molecular flexibility index (Phi) is 4.67. The second-order valence-electron chi connectivity index (χ2n) is 6.22. The fourth-order valence-electron chi connectivity index (χ4n) is 3.12. The Labute approximate surface area is 145 Å². The minimum Gasteiger partial charge on any atom is -0.368 e. The predicted octanol–water partition coefficient (Wildman–Crippen LogP) is 0.125. The molecule has 0 radical (unpaired) electrons. The molecule has 3 N–H and O–H groups in total. The number of nitrogens with zero attached hydrogens (tertiary/aromatic N) is 2. The van der Waals surface area contributed by atoms with Crippen molar-refractivity contribution in [3.63, 3.8) is 0 Å². The number of carbonyl (C=O) groups is 2. The lowest BCUT2D eigenvalue weighted by Gasteiger charge is -2.14. The maximum absolute atomic E-state index is 12.4. The van der Waals surface area contributed by atoms with E-state index in [4.69, 9.17) is 5.73 Å². The molecule has 1 saturated heterocycles. The van der Waals surface area contributed by atoms with Gasteiger partial charge in [0.2, 0.25) is 5.91 Å². The van der Waals surface area contributed by atoms with Gasteiger partial charge < -0.3 is 11.1 Å². The summed E-state index contributed by atoms with van der Waals surface area (Å²) >= 11 is 0. The van der Waals surface area contributed by atoms with Crippen LogP contribution < -0.4 is 16.6 Å². The van der Waals surface area contributed by atoms with Crippen LogP contribution in [0.5, 0.6) is 0 Å². The lowest BCUT2D eigenvalue weighted by molar-refractivity contribution is -0.121. The summed E-state index contributed by atoms with van der Waals surface area (Å²) in [5.41, 5.74) is 6.41. The maximum atomic E-state index is 12.4. The molecule has 3 rings (SSSR count). The van der Waals surface area contributed by atoms with Crippen LogP contribution in [0.25, 0.3) is 5.69 Å². The van der Waals surface area contributed by atoms with Crippen molar-refractivity contribution in [3.8, 4) is 5.69 Å². The normalized spacial score (nSPS) is 20.4. The van der Waals surface area contributed by atoms with Gasteiger partial charge in [0.1, 0.15) is 0 Å². The summed E-state index contributed by atoms with van der Waals surface area (Å²) in [7, 11) is 1.81. The van der Waals surface area contributed by atoms with Gasteiger partial charge in [-0.15, -0.1) is 0 Å². The smallest absolute Gasteiger partial charge is 0.255 e. The number of benzene rings is 1. The molecule has 2 heterocycles. The van der Waals surface area contributed by atoms with Crippen LogP contribution in [0, 0.1) is 0 Å². The monoisotopic (exact) mass is 340 g/mol. The summed E-state index contributed by atoms with van der Waals surface area (Å²) in [5, 5.41) is 2.92. The second-order valence-corrected chi connectivity index (χ2v) is 6.22. The maximum Gasteiger partial charge on any atom is 0.255 e. The topological polar surface area (TPSA) is 97.4 Å². The van der Waals surface area contributed by atoms with Crippen molar-refractivity contribution in [2.24, 2.45) is 5.73 Å². The molecule has 2 amide bonds. The van der Waals surface area contributed by atoms with Gasteiger partial charge in [-0.2, -0.15) is 0 Å². The number of pyridine rings is 1. The van der Waals surface area contributed by atoms with E-state index in [-0.39, 0.29) is 29.5 Å². The van der Waals surface area contributed by atoms with E-state index in [2.05, 4.69) is 5.32 Å². The zero-order valence-corrected chi connectivity index (χ0v) is 13.9. The van der Waals surface area contributed by atoms with E-state index in [1.54, 1.807) is 42.6 Å². The molecular formula is C18H20N4O3. The minimum atomic E-state index is -0.378. The number of amides is 2. The van der Waals surface area contributed by atoms with Gasteiger partial charge in [0.15, 0.2) is 0 Å². The Bertz CT molecular complexity index is 844. The Morgan fingerprint density at radius 3 is 2.48 bits per heavy atom. The Morgan fingerprint density at radius 2 is 1.88 bits per heavy atom. The molecule has 0 bridgehead atoms. The molecule has 1 aliphatic rings. The highest BCUT2D eigenvalue weighted by Gasteiger charge is 2.33. The summed E-state index contributed by atoms with van der Waals surface area (Å²) in [4.78, 5) is 37.4. The second kappa shape index (κ2) is 6.90. The Balaban J connectivity index is 1.69. The number of rotatable bonds is 4. The van der Waals surface area contributed by atoms with Crippen LogP contribution >= 0.6 is 0 Å². The van der Waals surface area contributed by atoms with Crippen molar-refractivity contribution >= 4 is 11.8 Å². The van der Waals surface area contributed by atoms with Crippen LogP contribution in [-0.4, -0.2) is 47.0 Å². The third-order valence-electron chi connectivity index (χ3n) is 4.44. The molecule has 25 heavy (non-hydrogen) atoms. The van der Waals surface area contributed by atoms with Gasteiger partial charge in [-0.25, -0.2) is 0 Å². The quantitative estimate of drug-likeness (QED) is 0.826. The van der Waals surface area contributed by atoms with Gasteiger partial charge >= 0.3 is 0 Å². The van der Waals surface area contributed by atoms with Gasteiger partial charge in [0.25, 0.3) is 11.5 Å². The van der Waals surface area contributed by atoms with E-state index < -0.39 is 0 Å². The molecule has 7 heteroatoms. The SMILES string of the molecule is CN1CC(NC(=O)c2ccc(-n3ccccc3=O)cc2)CC1C(N)=O. The molecule has 2 aromatic rings. The average Bonchev–Trinajstić information content (AvgIpc) is 2.96. The highest BCUT2D eigenvalue weighted by Crippen LogP contribution is 2.16. The summed E-state index contributed by atoms with van der Waals surface area (Å²) in [5.74, 6) is -0.590. The Hall–Kier alpha value is -2.93. The number of carbonyl (C=O) groups excluding carboxylic acids is 2. The highest BCUT2D eigenvalue weighted by molar-refractivity contribution is 5.94. The van der Waals surface area contributed by atoms with Crippen LogP contribution in [0.1, 0.15) is 16.8 Å². The van der Waals surface area contributed by atoms with Crippen molar-refractivity contribution in [3.05, 3.63) is 64.6 Å². The highest BCUT2D eigenvalue weighted by atomic mass is 16.2. The largest absolute Gasteiger partial charge is 0.368 e. The van der Waals surface area contributed by atoms with E-state index in [1.807, 2.05) is 11.9 Å². The summed E-state index contributed by atoms with van der Waals surface area (Å²) < 4.78 is 1.51. The van der Waals surface area contributed by atoms with Crippen molar-refractivity contribution < 1.29 is 9.59 Å². The molecule has 2 atom stereocenters. The van der Waals surface area contributed by atoms with Gasteiger partial charge in [0.05, 0.1) is 6.04 Å². The summed E-state index contributed by atoms with van der Waals surface area (Å²) in [6.07, 6.45) is 2.19. The third kappa shape index (κ3) is 3.61. The molecule has 1 aliphatic heterocycles. The summed E-state index contributed by atoms with van der Waals surface area (Å²) in [6, 6.07) is 11.3. The molecule has 0 aliphatic carbocycles. The van der Waals surface area contributed by atoms with Crippen LogP contribution in [0.4, 0.5) is 0 Å². The molecule has 0 spiro atoms. The predicted molar refractivity (Wildman–Crippen MR) is 93.5 cm³/mol. The number of primary amides is 1. The fraction of sp³-hybridized carbons (Fsp3) is 0.278. The number of aromatic nitrogens is 1. The average molecular weight is 340 g/mol. The first-order valence-electron chi connectivity index (χ1n) is 8.04. The van der Waals surface area contributed by atoms with E-state index in [1.165, 1.54) is 10.6 Å². The first-order valence-corrected chi connectivity index (χ1v) is 8.04. The zero-order valence-electron chi connectivity index (χ0n) is 13.9. The Morgan fingerprint density at radius 1 is 1.16 bits per heavy atom. The number of hydrogen-bond donors (Lipinski definition) is 2. The molecule has 1 fully saturated rings. The molecule has 0 saturated carbocycles. The number of nitrogens with one attached hydrogen (secondary N) is 1. The molecule has 7 nitrogen and oxygen atoms in total. The van der Waals surface area contributed by atoms with Crippen LogP contribution in [0.3, 0.4) is 0 Å². The molecule has 1 aromatic carbocycles. The van der Waals surface area contributed by atoms with Crippen LogP contribution in [0.2, 0.25) is 0 Å². The number of hydrogen-bond acceptors (Lipinski definition) is 4. The third-order valence-corrected chi connectivity index (χ3v) is 4.44. The summed E-state index contributed by atoms with van der Waals surface area (Å²) in [6.45, 7) is 0.580. The zero-order chi connectivity index (χ0) is 18.0. The van der Waals surface area contributed by atoms with Crippen molar-refractivity contribution in [2.75, 3.05) is 13.6 Å². The number of likely N-dealkylation sites (tertiary alicyclic amines) is 1. The molecular weight excluding hydrogens is 320 g/mol. The lowest BCUT2D eigenvalue weighted by atomic mass is 10.1. The van der Waals surface area contributed by atoms with Crippen molar-refractivity contribution in [1.29, 1.82) is 0 Å². The molecule has 1 aromatic heterocycles. The molecule has 2 unspecified atom stereocenters. The van der Waals surface area contributed by atoms with Gasteiger partial charge in [0, 0.05) is 36.1 Å². The number of nitrogens with two attached hydrogens (primary N) is 1. The standard InChI is InChI=1S/C18H20N4O3/c1-21-11-13(10-15(21)17(19)24)20-18(25)12-5-7-14(8-6-12)22-9-3-2-4-16(22)23/h2-9,13,15H,10-11H2,1H3,(H2,19,24)(H,20,25). The van der Waals surface area contributed by atoms with Crippen molar-refractivity contribution in [1.82, 2.24) is 14.8 Å². The van der Waals surface area contributed by atoms with E-state index in [0.29, 0.717) is 24.2 Å².